The molecule has 3 rings (SSSR count). The molecule has 0 bridgehead atoms. The van der Waals surface area contributed by atoms with Crippen LogP contribution in [0.4, 0.5) is 0 Å². The Morgan fingerprint density at radius 3 is 2.62 bits per heavy atom. The average Bonchev–Trinajstić information content (AvgIpc) is 3.17. The molecule has 1 saturated heterocycles. The van der Waals surface area contributed by atoms with E-state index in [9.17, 15) is 0 Å². The minimum atomic E-state index is 0.474. The third-order valence-corrected chi connectivity index (χ3v) is 4.33. The highest BCUT2D eigenvalue weighted by Crippen LogP contribution is 2.24. The summed E-state index contributed by atoms with van der Waals surface area (Å²) in [6, 6.07) is 11.3. The third-order valence-electron chi connectivity index (χ3n) is 4.33. The lowest BCUT2D eigenvalue weighted by molar-refractivity contribution is 0.238. The molecular weight excluding hydrogens is 260 g/mol. The SMILES string of the molecule is Cn1cncc1CNCC(c1ccccc1)N1CCCC1. The molecule has 4 heteroatoms. The number of aromatic nitrogens is 2. The van der Waals surface area contributed by atoms with Gasteiger partial charge in [-0.3, -0.25) is 4.90 Å². The maximum atomic E-state index is 4.17. The van der Waals surface area contributed by atoms with E-state index in [0.717, 1.165) is 13.1 Å². The van der Waals surface area contributed by atoms with E-state index < -0.39 is 0 Å². The first kappa shape index (κ1) is 14.3. The van der Waals surface area contributed by atoms with Crippen LogP contribution in [0.3, 0.4) is 0 Å². The maximum absolute atomic E-state index is 4.17. The van der Waals surface area contributed by atoms with Gasteiger partial charge in [0.05, 0.1) is 12.0 Å². The van der Waals surface area contributed by atoms with Crippen LogP contribution in [0.5, 0.6) is 0 Å². The molecule has 1 aliphatic rings. The van der Waals surface area contributed by atoms with Crippen LogP contribution in [-0.2, 0) is 13.6 Å². The standard InChI is InChI=1S/C17H24N4/c1-20-14-19-12-16(20)11-18-13-17(21-9-5-6-10-21)15-7-3-2-4-8-15/h2-4,7-8,12,14,17-18H,5-6,9-11,13H2,1H3. The van der Waals surface area contributed by atoms with Gasteiger partial charge in [0, 0.05) is 32.4 Å². The summed E-state index contributed by atoms with van der Waals surface area (Å²) in [5, 5.41) is 3.60. The van der Waals surface area contributed by atoms with Crippen LogP contribution in [0.25, 0.3) is 0 Å². The van der Waals surface area contributed by atoms with Gasteiger partial charge in [-0.2, -0.15) is 0 Å². The van der Waals surface area contributed by atoms with Crippen molar-refractivity contribution in [2.75, 3.05) is 19.6 Å². The summed E-state index contributed by atoms with van der Waals surface area (Å²) in [6.07, 6.45) is 6.43. The van der Waals surface area contributed by atoms with Crippen molar-refractivity contribution in [3.63, 3.8) is 0 Å². The first-order chi connectivity index (χ1) is 10.3. The normalized spacial score (nSPS) is 17.2. The molecule has 0 spiro atoms. The Bertz CT molecular complexity index is 543. The smallest absolute Gasteiger partial charge is 0.0945 e. The van der Waals surface area contributed by atoms with Gasteiger partial charge in [0.2, 0.25) is 0 Å². The second-order valence-corrected chi connectivity index (χ2v) is 5.80. The van der Waals surface area contributed by atoms with Crippen molar-refractivity contribution < 1.29 is 0 Å². The molecule has 4 nitrogen and oxygen atoms in total. The van der Waals surface area contributed by atoms with Crippen molar-refractivity contribution in [1.82, 2.24) is 19.8 Å². The van der Waals surface area contributed by atoms with Crippen molar-refractivity contribution in [3.05, 3.63) is 54.1 Å². The number of benzene rings is 1. The highest BCUT2D eigenvalue weighted by molar-refractivity contribution is 5.19. The lowest BCUT2D eigenvalue weighted by atomic mass is 10.1. The molecule has 1 aliphatic heterocycles. The van der Waals surface area contributed by atoms with Gasteiger partial charge in [0.1, 0.15) is 0 Å². The average molecular weight is 284 g/mol. The highest BCUT2D eigenvalue weighted by atomic mass is 15.2. The summed E-state index contributed by atoms with van der Waals surface area (Å²) in [6.45, 7) is 4.28. The molecule has 1 unspecified atom stereocenters. The molecule has 1 aromatic carbocycles. The zero-order chi connectivity index (χ0) is 14.5. The van der Waals surface area contributed by atoms with Crippen LogP contribution >= 0.6 is 0 Å². The zero-order valence-corrected chi connectivity index (χ0v) is 12.7. The van der Waals surface area contributed by atoms with Gasteiger partial charge in [0.15, 0.2) is 0 Å². The molecule has 0 saturated carbocycles. The van der Waals surface area contributed by atoms with Crippen molar-refractivity contribution in [2.45, 2.75) is 25.4 Å². The lowest BCUT2D eigenvalue weighted by Crippen LogP contribution is -2.34. The Morgan fingerprint density at radius 2 is 1.95 bits per heavy atom. The van der Waals surface area contributed by atoms with Crippen LogP contribution in [0.1, 0.15) is 30.1 Å². The number of hydrogen-bond donors (Lipinski definition) is 1. The van der Waals surface area contributed by atoms with E-state index in [0.29, 0.717) is 6.04 Å². The molecule has 21 heavy (non-hydrogen) atoms. The number of likely N-dealkylation sites (tertiary alicyclic amines) is 1. The van der Waals surface area contributed by atoms with Crippen molar-refractivity contribution in [2.24, 2.45) is 7.05 Å². The quantitative estimate of drug-likeness (QED) is 0.884. The van der Waals surface area contributed by atoms with Crippen molar-refractivity contribution >= 4 is 0 Å². The molecule has 0 radical (unpaired) electrons. The highest BCUT2D eigenvalue weighted by Gasteiger charge is 2.22. The second kappa shape index (κ2) is 6.87. The Balaban J connectivity index is 1.63. The number of nitrogens with zero attached hydrogens (tertiary/aromatic N) is 3. The van der Waals surface area contributed by atoms with Gasteiger partial charge in [-0.05, 0) is 31.5 Å². The molecular formula is C17H24N4. The van der Waals surface area contributed by atoms with Crippen LogP contribution in [0, 0.1) is 0 Å². The first-order valence-corrected chi connectivity index (χ1v) is 7.79. The molecule has 1 atom stereocenters. The zero-order valence-electron chi connectivity index (χ0n) is 12.7. The molecule has 1 N–H and O–H groups in total. The van der Waals surface area contributed by atoms with Crippen molar-refractivity contribution in [3.8, 4) is 0 Å². The van der Waals surface area contributed by atoms with Crippen LogP contribution < -0.4 is 5.32 Å². The summed E-state index contributed by atoms with van der Waals surface area (Å²) in [5.41, 5.74) is 2.64. The third kappa shape index (κ3) is 3.52. The Hall–Kier alpha value is -1.65. The number of nitrogens with one attached hydrogen (secondary N) is 1. The van der Waals surface area contributed by atoms with Crippen LogP contribution in [0.15, 0.2) is 42.9 Å². The molecule has 0 aliphatic carbocycles. The van der Waals surface area contributed by atoms with Gasteiger partial charge >= 0.3 is 0 Å². The number of aryl methyl sites for hydroxylation is 1. The predicted octanol–water partition coefficient (Wildman–Crippen LogP) is 2.35. The molecule has 2 aromatic rings. The monoisotopic (exact) mass is 284 g/mol. The predicted molar refractivity (Wildman–Crippen MR) is 84.9 cm³/mol. The summed E-state index contributed by atoms with van der Waals surface area (Å²) in [7, 11) is 2.04. The van der Waals surface area contributed by atoms with E-state index in [1.165, 1.54) is 37.2 Å². The van der Waals surface area contributed by atoms with E-state index in [2.05, 4.69) is 50.1 Å². The topological polar surface area (TPSA) is 33.1 Å². The van der Waals surface area contributed by atoms with Crippen molar-refractivity contribution in [1.29, 1.82) is 0 Å². The van der Waals surface area contributed by atoms with E-state index in [4.69, 9.17) is 0 Å². The summed E-state index contributed by atoms with van der Waals surface area (Å²) >= 11 is 0. The second-order valence-electron chi connectivity index (χ2n) is 5.80. The molecule has 0 amide bonds. The fraction of sp³-hybridized carbons (Fsp3) is 0.471. The number of rotatable bonds is 6. The summed E-state index contributed by atoms with van der Waals surface area (Å²) in [4.78, 5) is 6.77. The van der Waals surface area contributed by atoms with E-state index in [1.54, 1.807) is 0 Å². The van der Waals surface area contributed by atoms with Crippen LogP contribution in [-0.4, -0.2) is 34.1 Å². The Labute approximate surface area is 126 Å². The minimum absolute atomic E-state index is 0.474. The summed E-state index contributed by atoms with van der Waals surface area (Å²) in [5.74, 6) is 0. The number of imidazole rings is 1. The Morgan fingerprint density at radius 1 is 1.19 bits per heavy atom. The fourth-order valence-corrected chi connectivity index (χ4v) is 3.08. The van der Waals surface area contributed by atoms with Gasteiger partial charge in [-0.1, -0.05) is 30.3 Å². The minimum Gasteiger partial charge on any atom is -0.337 e. The first-order valence-electron chi connectivity index (χ1n) is 7.79. The van der Waals surface area contributed by atoms with Gasteiger partial charge < -0.3 is 9.88 Å². The van der Waals surface area contributed by atoms with E-state index in [1.807, 2.05) is 19.6 Å². The largest absolute Gasteiger partial charge is 0.337 e. The molecule has 112 valence electrons. The van der Waals surface area contributed by atoms with Gasteiger partial charge in [-0.25, -0.2) is 4.98 Å². The molecule has 1 aromatic heterocycles. The molecule has 1 fully saturated rings. The maximum Gasteiger partial charge on any atom is 0.0945 e. The van der Waals surface area contributed by atoms with Gasteiger partial charge in [0.25, 0.3) is 0 Å². The van der Waals surface area contributed by atoms with E-state index >= 15 is 0 Å². The number of hydrogen-bond acceptors (Lipinski definition) is 3. The Kier molecular flexibility index (Phi) is 4.68. The fourth-order valence-electron chi connectivity index (χ4n) is 3.08. The lowest BCUT2D eigenvalue weighted by Gasteiger charge is -2.28. The van der Waals surface area contributed by atoms with E-state index in [-0.39, 0.29) is 0 Å². The van der Waals surface area contributed by atoms with Crippen LogP contribution in [0.2, 0.25) is 0 Å². The van der Waals surface area contributed by atoms with Gasteiger partial charge in [-0.15, -0.1) is 0 Å². The molecule has 2 heterocycles. The summed E-state index contributed by atoms with van der Waals surface area (Å²) < 4.78 is 2.07.